The van der Waals surface area contributed by atoms with Gasteiger partial charge in [0.25, 0.3) is 5.91 Å². The third-order valence-electron chi connectivity index (χ3n) is 6.31. The fraction of sp³-hybridized carbons (Fsp3) is 0.259. The van der Waals surface area contributed by atoms with Crippen molar-refractivity contribution >= 4 is 32.9 Å². The molecule has 1 aromatic heterocycles. The number of benzene rings is 3. The summed E-state index contributed by atoms with van der Waals surface area (Å²) in [4.78, 5) is 17.4. The molecule has 4 rings (SSSR count). The van der Waals surface area contributed by atoms with Crippen molar-refractivity contribution in [3.05, 3.63) is 98.3 Å². The number of rotatable bonds is 6. The molecule has 0 aliphatic rings. The number of aryl methyl sites for hydroxylation is 2. The molecule has 0 fully saturated rings. The van der Waals surface area contributed by atoms with E-state index in [9.17, 15) is 4.79 Å². The molecule has 0 unspecified atom stereocenters. The van der Waals surface area contributed by atoms with E-state index in [0.717, 1.165) is 27.9 Å². The van der Waals surface area contributed by atoms with Gasteiger partial charge in [-0.15, -0.1) is 0 Å². The summed E-state index contributed by atoms with van der Waals surface area (Å²) in [6.45, 7) is 10.1. The fourth-order valence-electron chi connectivity index (χ4n) is 4.18. The highest BCUT2D eigenvalue weighted by atomic mass is 79.9. The molecular weight excluding hydrogens is 462 g/mol. The molecule has 0 spiro atoms. The number of halogens is 1. The molecule has 0 aliphatic heterocycles. The molecule has 0 atom stereocenters. The average Bonchev–Trinajstić information content (AvgIpc) is 3.13. The lowest BCUT2D eigenvalue weighted by atomic mass is 9.94. The van der Waals surface area contributed by atoms with Crippen LogP contribution in [0.1, 0.15) is 44.0 Å². The highest BCUT2D eigenvalue weighted by Crippen LogP contribution is 2.25. The number of amides is 1. The number of nitrogens with one attached hydrogen (secondary N) is 1. The van der Waals surface area contributed by atoms with Gasteiger partial charge in [0.2, 0.25) is 0 Å². The van der Waals surface area contributed by atoms with Crippen LogP contribution in [0.3, 0.4) is 0 Å². The molecule has 0 bridgehead atoms. The van der Waals surface area contributed by atoms with Crippen LogP contribution < -0.4 is 5.32 Å². The Hall–Kier alpha value is -2.92. The number of nitrogens with zero attached hydrogens (tertiary/aromatic N) is 2. The first kappa shape index (κ1) is 22.3. The maximum atomic E-state index is 12.5. The molecule has 1 N–H and O–H groups in total. The molecule has 0 radical (unpaired) electrons. The SMILES string of the molecule is Cc1cc(C)c(C)c(Cn2c(CCNC(=O)c3ccc(Br)cc3)nc3ccccc32)c1C. The lowest BCUT2D eigenvalue weighted by Gasteiger charge is -2.18. The van der Waals surface area contributed by atoms with Gasteiger partial charge in [-0.2, -0.15) is 0 Å². The number of imidazole rings is 1. The minimum absolute atomic E-state index is 0.0684. The lowest BCUT2D eigenvalue weighted by molar-refractivity contribution is 0.0954. The van der Waals surface area contributed by atoms with Crippen LogP contribution in [0.15, 0.2) is 59.1 Å². The van der Waals surface area contributed by atoms with Gasteiger partial charge in [-0.25, -0.2) is 4.98 Å². The highest BCUT2D eigenvalue weighted by molar-refractivity contribution is 9.10. The quantitative estimate of drug-likeness (QED) is 0.358. The van der Waals surface area contributed by atoms with E-state index in [-0.39, 0.29) is 5.91 Å². The first-order valence-electron chi connectivity index (χ1n) is 10.9. The number of carbonyl (C=O) groups excluding carboxylic acids is 1. The molecule has 0 aliphatic carbocycles. The smallest absolute Gasteiger partial charge is 0.251 e. The Kier molecular flexibility index (Phi) is 6.47. The number of carbonyl (C=O) groups is 1. The second kappa shape index (κ2) is 9.29. The van der Waals surface area contributed by atoms with Crippen molar-refractivity contribution in [2.24, 2.45) is 0 Å². The van der Waals surface area contributed by atoms with Crippen molar-refractivity contribution < 1.29 is 4.79 Å². The number of aromatic nitrogens is 2. The third-order valence-corrected chi connectivity index (χ3v) is 6.84. The van der Waals surface area contributed by atoms with Gasteiger partial charge in [-0.1, -0.05) is 34.1 Å². The van der Waals surface area contributed by atoms with Crippen LogP contribution in [-0.2, 0) is 13.0 Å². The predicted octanol–water partition coefficient (Wildman–Crippen LogP) is 6.05. The summed E-state index contributed by atoms with van der Waals surface area (Å²) in [7, 11) is 0. The van der Waals surface area contributed by atoms with Crippen molar-refractivity contribution in [1.29, 1.82) is 0 Å². The van der Waals surface area contributed by atoms with Crippen LogP contribution >= 0.6 is 15.9 Å². The van der Waals surface area contributed by atoms with Crippen LogP contribution in [0.5, 0.6) is 0 Å². The Morgan fingerprint density at radius 3 is 2.31 bits per heavy atom. The van der Waals surface area contributed by atoms with E-state index < -0.39 is 0 Å². The average molecular weight is 490 g/mol. The molecule has 3 aromatic carbocycles. The zero-order chi connectivity index (χ0) is 22.8. The molecule has 4 nitrogen and oxygen atoms in total. The summed E-state index contributed by atoms with van der Waals surface area (Å²) in [6.07, 6.45) is 0.667. The summed E-state index contributed by atoms with van der Waals surface area (Å²) < 4.78 is 3.26. The fourth-order valence-corrected chi connectivity index (χ4v) is 4.44. The van der Waals surface area contributed by atoms with Gasteiger partial charge in [-0.3, -0.25) is 4.79 Å². The Morgan fingerprint density at radius 2 is 1.62 bits per heavy atom. The van der Waals surface area contributed by atoms with Crippen molar-refractivity contribution in [2.75, 3.05) is 6.54 Å². The Bertz CT molecular complexity index is 1260. The van der Waals surface area contributed by atoms with E-state index in [1.807, 2.05) is 30.3 Å². The van der Waals surface area contributed by atoms with Gasteiger partial charge >= 0.3 is 0 Å². The maximum absolute atomic E-state index is 12.5. The Balaban J connectivity index is 1.60. The number of para-hydroxylation sites is 2. The van der Waals surface area contributed by atoms with E-state index in [1.54, 1.807) is 0 Å². The van der Waals surface area contributed by atoms with Gasteiger partial charge in [-0.05, 0) is 91.9 Å². The molecule has 1 heterocycles. The molecule has 0 saturated heterocycles. The van der Waals surface area contributed by atoms with Gasteiger partial charge in [0, 0.05) is 29.5 Å². The highest BCUT2D eigenvalue weighted by Gasteiger charge is 2.15. The van der Waals surface area contributed by atoms with E-state index in [4.69, 9.17) is 4.98 Å². The standard InChI is InChI=1S/C27H28BrN3O/c1-17-15-18(2)20(4)23(19(17)3)16-31-25-8-6-5-7-24(25)30-26(31)13-14-29-27(32)21-9-11-22(28)12-10-21/h5-12,15H,13-14,16H2,1-4H3,(H,29,32). The number of hydrogen-bond acceptors (Lipinski definition) is 2. The molecule has 4 aromatic rings. The minimum Gasteiger partial charge on any atom is -0.352 e. The molecular formula is C27H28BrN3O. The van der Waals surface area contributed by atoms with Gasteiger partial charge < -0.3 is 9.88 Å². The van der Waals surface area contributed by atoms with Crippen molar-refractivity contribution in [3.8, 4) is 0 Å². The molecule has 164 valence electrons. The monoisotopic (exact) mass is 489 g/mol. The van der Waals surface area contributed by atoms with Crippen LogP contribution in [0.4, 0.5) is 0 Å². The minimum atomic E-state index is -0.0684. The van der Waals surface area contributed by atoms with Crippen molar-refractivity contribution in [1.82, 2.24) is 14.9 Å². The topological polar surface area (TPSA) is 46.9 Å². The third kappa shape index (κ3) is 4.49. The molecule has 0 saturated carbocycles. The first-order chi connectivity index (χ1) is 15.3. The predicted molar refractivity (Wildman–Crippen MR) is 134 cm³/mol. The first-order valence-corrected chi connectivity index (χ1v) is 11.7. The Morgan fingerprint density at radius 1 is 0.969 bits per heavy atom. The van der Waals surface area contributed by atoms with Crippen LogP contribution in [-0.4, -0.2) is 22.0 Å². The molecule has 32 heavy (non-hydrogen) atoms. The number of hydrogen-bond donors (Lipinski definition) is 1. The zero-order valence-corrected chi connectivity index (χ0v) is 20.6. The van der Waals surface area contributed by atoms with Crippen LogP contribution in [0, 0.1) is 27.7 Å². The van der Waals surface area contributed by atoms with Gasteiger partial charge in [0.1, 0.15) is 5.82 Å². The zero-order valence-electron chi connectivity index (χ0n) is 19.0. The lowest BCUT2D eigenvalue weighted by Crippen LogP contribution is -2.26. The number of fused-ring (bicyclic) bond motifs is 1. The summed E-state index contributed by atoms with van der Waals surface area (Å²) in [5.41, 5.74) is 9.42. The van der Waals surface area contributed by atoms with Crippen molar-refractivity contribution in [2.45, 2.75) is 40.7 Å². The second-order valence-corrected chi connectivity index (χ2v) is 9.27. The largest absolute Gasteiger partial charge is 0.352 e. The molecule has 1 amide bonds. The van der Waals surface area contributed by atoms with Crippen LogP contribution in [0.25, 0.3) is 11.0 Å². The second-order valence-electron chi connectivity index (χ2n) is 8.35. The summed E-state index contributed by atoms with van der Waals surface area (Å²) in [5.74, 6) is 0.918. The van der Waals surface area contributed by atoms with E-state index in [2.05, 4.69) is 77.8 Å². The summed E-state index contributed by atoms with van der Waals surface area (Å²) in [6, 6.07) is 17.9. The van der Waals surface area contributed by atoms with Gasteiger partial charge in [0.15, 0.2) is 0 Å². The molecule has 5 heteroatoms. The summed E-state index contributed by atoms with van der Waals surface area (Å²) >= 11 is 3.41. The van der Waals surface area contributed by atoms with Gasteiger partial charge in [0.05, 0.1) is 11.0 Å². The maximum Gasteiger partial charge on any atom is 0.251 e. The Labute approximate surface area is 197 Å². The van der Waals surface area contributed by atoms with Crippen LogP contribution in [0.2, 0.25) is 0 Å². The van der Waals surface area contributed by atoms with E-state index in [0.29, 0.717) is 18.5 Å². The van der Waals surface area contributed by atoms with Crippen molar-refractivity contribution in [3.63, 3.8) is 0 Å². The van der Waals surface area contributed by atoms with E-state index in [1.165, 1.54) is 27.8 Å². The normalized spacial score (nSPS) is 11.2. The van der Waals surface area contributed by atoms with E-state index >= 15 is 0 Å². The summed E-state index contributed by atoms with van der Waals surface area (Å²) in [5, 5.41) is 3.04.